The Labute approximate surface area is 96.8 Å². The zero-order chi connectivity index (χ0) is 10.7. The lowest BCUT2D eigenvalue weighted by atomic mass is 10.1. The third kappa shape index (κ3) is 3.51. The van der Waals surface area contributed by atoms with Crippen molar-refractivity contribution in [1.82, 2.24) is 5.32 Å². The van der Waals surface area contributed by atoms with Gasteiger partial charge < -0.3 is 5.32 Å². The summed E-state index contributed by atoms with van der Waals surface area (Å²) < 4.78 is 0. The van der Waals surface area contributed by atoms with Gasteiger partial charge >= 0.3 is 0 Å². The van der Waals surface area contributed by atoms with Gasteiger partial charge in [-0.15, -0.1) is 0 Å². The molecule has 1 nitrogen and oxygen atoms in total. The van der Waals surface area contributed by atoms with Crippen LogP contribution in [0.4, 0.5) is 0 Å². The summed E-state index contributed by atoms with van der Waals surface area (Å²) in [4.78, 5) is 0. The van der Waals surface area contributed by atoms with E-state index in [1.807, 2.05) is 18.2 Å². The maximum atomic E-state index is 5.96. The highest BCUT2D eigenvalue weighted by atomic mass is 35.5. The molecule has 1 aromatic carbocycles. The predicted octanol–water partition coefficient (Wildman–Crippen LogP) is 3.79. The molecule has 1 aliphatic rings. The lowest BCUT2D eigenvalue weighted by Gasteiger charge is -2.14. The van der Waals surface area contributed by atoms with Gasteiger partial charge in [-0.2, -0.15) is 0 Å². The van der Waals surface area contributed by atoms with Crippen LogP contribution in [0.5, 0.6) is 0 Å². The Morgan fingerprint density at radius 3 is 2.93 bits per heavy atom. The molecule has 0 aliphatic heterocycles. The Balaban J connectivity index is 1.80. The zero-order valence-electron chi connectivity index (χ0n) is 9.17. The summed E-state index contributed by atoms with van der Waals surface area (Å²) in [6.45, 7) is 3.32. The van der Waals surface area contributed by atoms with E-state index < -0.39 is 0 Å². The summed E-state index contributed by atoms with van der Waals surface area (Å²) in [5.41, 5.74) is 1.28. The quantitative estimate of drug-likeness (QED) is 0.801. The second-order valence-electron chi connectivity index (χ2n) is 4.46. The molecule has 1 saturated carbocycles. The van der Waals surface area contributed by atoms with Crippen LogP contribution in [-0.4, -0.2) is 6.54 Å². The Bertz CT molecular complexity index is 320. The third-order valence-electron chi connectivity index (χ3n) is 3.05. The Morgan fingerprint density at radius 2 is 2.27 bits per heavy atom. The SMILES string of the molecule is CC(NCCC1CC1)c1cccc(Cl)c1. The first-order valence-corrected chi connectivity index (χ1v) is 6.12. The van der Waals surface area contributed by atoms with Gasteiger partial charge in [-0.25, -0.2) is 0 Å². The van der Waals surface area contributed by atoms with Gasteiger partial charge in [-0.05, 0) is 43.5 Å². The first-order valence-electron chi connectivity index (χ1n) is 5.74. The van der Waals surface area contributed by atoms with E-state index in [4.69, 9.17) is 11.6 Å². The molecule has 0 saturated heterocycles. The highest BCUT2D eigenvalue weighted by Gasteiger charge is 2.20. The molecule has 1 unspecified atom stereocenters. The summed E-state index contributed by atoms with van der Waals surface area (Å²) >= 11 is 5.96. The molecule has 0 heterocycles. The van der Waals surface area contributed by atoms with E-state index >= 15 is 0 Å². The predicted molar refractivity (Wildman–Crippen MR) is 65.2 cm³/mol. The van der Waals surface area contributed by atoms with E-state index in [0.29, 0.717) is 6.04 Å². The van der Waals surface area contributed by atoms with Crippen molar-refractivity contribution in [2.24, 2.45) is 5.92 Å². The fourth-order valence-electron chi connectivity index (χ4n) is 1.80. The van der Waals surface area contributed by atoms with Crippen LogP contribution >= 0.6 is 11.6 Å². The lowest BCUT2D eigenvalue weighted by Crippen LogP contribution is -2.20. The molecule has 0 bridgehead atoms. The molecule has 1 N–H and O–H groups in total. The van der Waals surface area contributed by atoms with Crippen LogP contribution in [0.15, 0.2) is 24.3 Å². The average Bonchev–Trinajstić information content (AvgIpc) is 3.01. The Kier molecular flexibility index (Phi) is 3.66. The lowest BCUT2D eigenvalue weighted by molar-refractivity contribution is 0.540. The van der Waals surface area contributed by atoms with E-state index in [-0.39, 0.29) is 0 Å². The standard InChI is InChI=1S/C13H18ClN/c1-10(15-8-7-11-5-6-11)12-3-2-4-13(14)9-12/h2-4,9-11,15H,5-8H2,1H3. The van der Waals surface area contributed by atoms with Crippen LogP contribution in [0, 0.1) is 5.92 Å². The van der Waals surface area contributed by atoms with Gasteiger partial charge in [0.05, 0.1) is 0 Å². The van der Waals surface area contributed by atoms with Crippen molar-refractivity contribution in [3.8, 4) is 0 Å². The highest BCUT2D eigenvalue weighted by molar-refractivity contribution is 6.30. The molecule has 2 rings (SSSR count). The van der Waals surface area contributed by atoms with E-state index in [0.717, 1.165) is 17.5 Å². The van der Waals surface area contributed by atoms with Crippen LogP contribution in [0.25, 0.3) is 0 Å². The summed E-state index contributed by atoms with van der Waals surface area (Å²) in [5, 5.41) is 4.36. The van der Waals surface area contributed by atoms with Gasteiger partial charge in [0.25, 0.3) is 0 Å². The van der Waals surface area contributed by atoms with Gasteiger partial charge in [0, 0.05) is 11.1 Å². The van der Waals surface area contributed by atoms with Gasteiger partial charge in [-0.1, -0.05) is 36.6 Å². The Hall–Kier alpha value is -0.530. The van der Waals surface area contributed by atoms with Crippen molar-refractivity contribution < 1.29 is 0 Å². The van der Waals surface area contributed by atoms with E-state index in [2.05, 4.69) is 18.3 Å². The van der Waals surface area contributed by atoms with Crippen molar-refractivity contribution in [2.45, 2.75) is 32.2 Å². The van der Waals surface area contributed by atoms with Gasteiger partial charge in [0.2, 0.25) is 0 Å². The molecular weight excluding hydrogens is 206 g/mol. The minimum atomic E-state index is 0.405. The summed E-state index contributed by atoms with van der Waals surface area (Å²) in [6, 6.07) is 8.50. The largest absolute Gasteiger partial charge is 0.310 e. The van der Waals surface area contributed by atoms with Crippen LogP contribution in [-0.2, 0) is 0 Å². The molecule has 0 radical (unpaired) electrons. The second-order valence-corrected chi connectivity index (χ2v) is 4.90. The highest BCUT2D eigenvalue weighted by Crippen LogP contribution is 2.32. The monoisotopic (exact) mass is 223 g/mol. The summed E-state index contributed by atoms with van der Waals surface area (Å²) in [5.74, 6) is 1.00. The molecular formula is C13H18ClN. The van der Waals surface area contributed by atoms with Gasteiger partial charge in [-0.3, -0.25) is 0 Å². The fraction of sp³-hybridized carbons (Fsp3) is 0.538. The number of rotatable bonds is 5. The van der Waals surface area contributed by atoms with Crippen molar-refractivity contribution in [3.05, 3.63) is 34.9 Å². The van der Waals surface area contributed by atoms with Crippen LogP contribution in [0.1, 0.15) is 37.8 Å². The van der Waals surface area contributed by atoms with Crippen molar-refractivity contribution in [2.75, 3.05) is 6.54 Å². The van der Waals surface area contributed by atoms with Crippen molar-refractivity contribution >= 4 is 11.6 Å². The number of hydrogen-bond donors (Lipinski definition) is 1. The molecule has 1 fully saturated rings. The number of halogens is 1. The van der Waals surface area contributed by atoms with Gasteiger partial charge in [0.15, 0.2) is 0 Å². The maximum Gasteiger partial charge on any atom is 0.0409 e. The number of hydrogen-bond acceptors (Lipinski definition) is 1. The fourth-order valence-corrected chi connectivity index (χ4v) is 2.00. The molecule has 15 heavy (non-hydrogen) atoms. The first-order chi connectivity index (χ1) is 7.25. The average molecular weight is 224 g/mol. The van der Waals surface area contributed by atoms with Crippen LogP contribution in [0.3, 0.4) is 0 Å². The van der Waals surface area contributed by atoms with Crippen LogP contribution < -0.4 is 5.32 Å². The van der Waals surface area contributed by atoms with Gasteiger partial charge in [0.1, 0.15) is 0 Å². The molecule has 0 amide bonds. The minimum absolute atomic E-state index is 0.405. The molecule has 2 heteroatoms. The Morgan fingerprint density at radius 1 is 1.47 bits per heavy atom. The minimum Gasteiger partial charge on any atom is -0.310 e. The molecule has 0 aromatic heterocycles. The van der Waals surface area contributed by atoms with E-state index in [1.54, 1.807) is 0 Å². The van der Waals surface area contributed by atoms with Crippen molar-refractivity contribution in [1.29, 1.82) is 0 Å². The van der Waals surface area contributed by atoms with E-state index in [1.165, 1.54) is 24.8 Å². The first kappa shape index (κ1) is 11.0. The number of benzene rings is 1. The molecule has 1 atom stereocenters. The molecule has 1 aromatic rings. The zero-order valence-corrected chi connectivity index (χ0v) is 9.93. The molecule has 1 aliphatic carbocycles. The van der Waals surface area contributed by atoms with Crippen molar-refractivity contribution in [3.63, 3.8) is 0 Å². The normalized spacial score (nSPS) is 17.7. The second kappa shape index (κ2) is 5.00. The molecule has 0 spiro atoms. The maximum absolute atomic E-state index is 5.96. The molecule has 82 valence electrons. The number of nitrogens with one attached hydrogen (secondary N) is 1. The summed E-state index contributed by atoms with van der Waals surface area (Å²) in [7, 11) is 0. The smallest absolute Gasteiger partial charge is 0.0409 e. The summed E-state index contributed by atoms with van der Waals surface area (Å²) in [6.07, 6.45) is 4.20. The topological polar surface area (TPSA) is 12.0 Å². The van der Waals surface area contributed by atoms with E-state index in [9.17, 15) is 0 Å². The third-order valence-corrected chi connectivity index (χ3v) is 3.28. The van der Waals surface area contributed by atoms with Crippen LogP contribution in [0.2, 0.25) is 5.02 Å².